The first-order valence-corrected chi connectivity index (χ1v) is 8.46. The van der Waals surface area contributed by atoms with E-state index in [9.17, 15) is 9.18 Å². The maximum absolute atomic E-state index is 13.8. The molecule has 3 rings (SSSR count). The van der Waals surface area contributed by atoms with E-state index >= 15 is 0 Å². The number of halogens is 1. The summed E-state index contributed by atoms with van der Waals surface area (Å²) >= 11 is 0. The van der Waals surface area contributed by atoms with Crippen LogP contribution in [0.25, 0.3) is 0 Å². The Morgan fingerprint density at radius 2 is 2.00 bits per heavy atom. The monoisotopic (exact) mass is 346 g/mol. The Labute approximate surface area is 146 Å². The molecular weight excluding hydrogens is 323 g/mol. The Morgan fingerprint density at radius 3 is 2.60 bits per heavy atom. The van der Waals surface area contributed by atoms with Crippen LogP contribution >= 0.6 is 0 Å². The molecule has 0 atom stereocenters. The molecule has 1 aliphatic heterocycles. The van der Waals surface area contributed by atoms with Crippen molar-refractivity contribution in [1.29, 1.82) is 0 Å². The quantitative estimate of drug-likeness (QED) is 0.927. The Bertz CT molecular complexity index is 766. The average molecular weight is 346 g/mol. The van der Waals surface area contributed by atoms with E-state index in [2.05, 4.69) is 15.4 Å². The van der Waals surface area contributed by atoms with Crippen molar-refractivity contribution >= 4 is 17.5 Å². The van der Waals surface area contributed by atoms with Gasteiger partial charge in [0.2, 0.25) is 0 Å². The van der Waals surface area contributed by atoms with E-state index in [0.29, 0.717) is 32.0 Å². The molecule has 2 aromatic heterocycles. The molecule has 0 aromatic carbocycles. The Balaban J connectivity index is 1.62. The van der Waals surface area contributed by atoms with Gasteiger partial charge in [0, 0.05) is 38.9 Å². The van der Waals surface area contributed by atoms with E-state index in [1.54, 1.807) is 17.2 Å². The molecule has 1 aliphatic rings. The lowest BCUT2D eigenvalue weighted by atomic mass is 10.3. The van der Waals surface area contributed by atoms with Crippen molar-refractivity contribution in [2.45, 2.75) is 27.3 Å². The number of aryl methyl sites for hydroxylation is 2. The summed E-state index contributed by atoms with van der Waals surface area (Å²) in [4.78, 5) is 20.2. The first-order chi connectivity index (χ1) is 12.0. The maximum Gasteiger partial charge on any atom is 0.322 e. The fourth-order valence-electron chi connectivity index (χ4n) is 3.10. The van der Waals surface area contributed by atoms with E-state index < -0.39 is 0 Å². The van der Waals surface area contributed by atoms with Gasteiger partial charge in [0.15, 0.2) is 11.6 Å². The average Bonchev–Trinajstić information content (AvgIpc) is 2.90. The summed E-state index contributed by atoms with van der Waals surface area (Å²) in [5.74, 6) is 0.0112. The lowest BCUT2D eigenvalue weighted by molar-refractivity contribution is 0.208. The van der Waals surface area contributed by atoms with Gasteiger partial charge in [-0.25, -0.2) is 14.2 Å². The van der Waals surface area contributed by atoms with Crippen LogP contribution in [0.3, 0.4) is 0 Å². The predicted molar refractivity (Wildman–Crippen MR) is 94.4 cm³/mol. The third-order valence-corrected chi connectivity index (χ3v) is 4.52. The normalized spacial score (nSPS) is 14.7. The third-order valence-electron chi connectivity index (χ3n) is 4.52. The summed E-state index contributed by atoms with van der Waals surface area (Å²) in [5, 5.41) is 7.38. The topological polar surface area (TPSA) is 66.3 Å². The van der Waals surface area contributed by atoms with Gasteiger partial charge in [0.25, 0.3) is 0 Å². The second-order valence-electron chi connectivity index (χ2n) is 6.07. The zero-order chi connectivity index (χ0) is 18.0. The van der Waals surface area contributed by atoms with Gasteiger partial charge in [-0.15, -0.1) is 0 Å². The minimum atomic E-state index is -0.335. The molecule has 0 radical (unpaired) electrons. The summed E-state index contributed by atoms with van der Waals surface area (Å²) in [6.07, 6.45) is 1.58. The fourth-order valence-corrected chi connectivity index (χ4v) is 3.10. The summed E-state index contributed by atoms with van der Waals surface area (Å²) in [6.45, 7) is 8.74. The minimum Gasteiger partial charge on any atom is -0.351 e. The van der Waals surface area contributed by atoms with Crippen molar-refractivity contribution in [2.24, 2.45) is 0 Å². The number of pyridine rings is 1. The van der Waals surface area contributed by atoms with E-state index in [0.717, 1.165) is 23.6 Å². The zero-order valence-corrected chi connectivity index (χ0v) is 14.8. The molecule has 2 aromatic rings. The fraction of sp³-hybridized carbons (Fsp3) is 0.471. The number of hydrogen-bond donors (Lipinski definition) is 1. The number of carbonyl (C=O) groups is 1. The smallest absolute Gasteiger partial charge is 0.322 e. The number of aromatic nitrogens is 3. The molecular formula is C17H23FN6O. The van der Waals surface area contributed by atoms with Crippen molar-refractivity contribution < 1.29 is 9.18 Å². The predicted octanol–water partition coefficient (Wildman–Crippen LogP) is 2.41. The number of nitrogens with zero attached hydrogens (tertiary/aromatic N) is 5. The molecule has 3 heterocycles. The molecule has 0 unspecified atom stereocenters. The van der Waals surface area contributed by atoms with Crippen LogP contribution in [0.5, 0.6) is 0 Å². The number of urea groups is 1. The number of anilines is 2. The van der Waals surface area contributed by atoms with Crippen molar-refractivity contribution in [2.75, 3.05) is 36.4 Å². The van der Waals surface area contributed by atoms with Crippen molar-refractivity contribution in [1.82, 2.24) is 19.7 Å². The van der Waals surface area contributed by atoms with Gasteiger partial charge in [-0.05, 0) is 32.9 Å². The van der Waals surface area contributed by atoms with Crippen LogP contribution in [-0.2, 0) is 6.54 Å². The van der Waals surface area contributed by atoms with E-state index in [4.69, 9.17) is 0 Å². The highest BCUT2D eigenvalue weighted by molar-refractivity contribution is 5.90. The maximum atomic E-state index is 13.8. The number of carbonyl (C=O) groups excluding carboxylic acids is 1. The van der Waals surface area contributed by atoms with Crippen molar-refractivity contribution in [3.05, 3.63) is 35.5 Å². The molecule has 8 heteroatoms. The number of piperazine rings is 1. The van der Waals surface area contributed by atoms with Gasteiger partial charge < -0.3 is 15.1 Å². The van der Waals surface area contributed by atoms with Gasteiger partial charge in [0.1, 0.15) is 0 Å². The summed E-state index contributed by atoms with van der Waals surface area (Å²) in [7, 11) is 0. The van der Waals surface area contributed by atoms with Gasteiger partial charge in [-0.3, -0.25) is 4.68 Å². The number of rotatable bonds is 3. The second-order valence-corrected chi connectivity index (χ2v) is 6.07. The van der Waals surface area contributed by atoms with Crippen molar-refractivity contribution in [3.63, 3.8) is 0 Å². The molecule has 0 bridgehead atoms. The van der Waals surface area contributed by atoms with Gasteiger partial charge in [-0.2, -0.15) is 5.10 Å². The van der Waals surface area contributed by atoms with Crippen LogP contribution in [0.15, 0.2) is 18.3 Å². The zero-order valence-electron chi connectivity index (χ0n) is 14.8. The van der Waals surface area contributed by atoms with Crippen LogP contribution in [0, 0.1) is 19.7 Å². The van der Waals surface area contributed by atoms with E-state index in [-0.39, 0.29) is 11.8 Å². The van der Waals surface area contributed by atoms with Crippen LogP contribution in [0.2, 0.25) is 0 Å². The number of amides is 2. The standard InChI is InChI=1S/C17H23FN6O/c1-4-24-13(3)15(12(2)21-24)20-17(25)23-10-8-22(9-11-23)16-14(18)6-5-7-19-16/h5-7H,4,8-11H2,1-3H3,(H,20,25). The van der Waals surface area contributed by atoms with Crippen LogP contribution in [0.4, 0.5) is 20.7 Å². The Morgan fingerprint density at radius 1 is 1.28 bits per heavy atom. The summed E-state index contributed by atoms with van der Waals surface area (Å²) < 4.78 is 15.7. The molecule has 2 amide bonds. The van der Waals surface area contributed by atoms with E-state index in [1.807, 2.05) is 30.4 Å². The first kappa shape index (κ1) is 17.2. The number of hydrogen-bond acceptors (Lipinski definition) is 4. The highest BCUT2D eigenvalue weighted by Crippen LogP contribution is 2.21. The molecule has 7 nitrogen and oxygen atoms in total. The first-order valence-electron chi connectivity index (χ1n) is 8.46. The van der Waals surface area contributed by atoms with Crippen molar-refractivity contribution in [3.8, 4) is 0 Å². The molecule has 25 heavy (non-hydrogen) atoms. The molecule has 0 saturated carbocycles. The Hall–Kier alpha value is -2.64. The van der Waals surface area contributed by atoms with Crippen LogP contribution in [-0.4, -0.2) is 51.9 Å². The largest absolute Gasteiger partial charge is 0.351 e. The van der Waals surface area contributed by atoms with Gasteiger partial charge in [0.05, 0.1) is 17.1 Å². The van der Waals surface area contributed by atoms with E-state index in [1.165, 1.54) is 6.07 Å². The van der Waals surface area contributed by atoms with Crippen LogP contribution < -0.4 is 10.2 Å². The molecule has 0 spiro atoms. The second kappa shape index (κ2) is 7.08. The highest BCUT2D eigenvalue weighted by Gasteiger charge is 2.24. The Kier molecular flexibility index (Phi) is 4.87. The SMILES string of the molecule is CCn1nc(C)c(NC(=O)N2CCN(c3ncccc3F)CC2)c1C. The summed E-state index contributed by atoms with van der Waals surface area (Å²) in [5.41, 5.74) is 2.52. The lowest BCUT2D eigenvalue weighted by Gasteiger charge is -2.35. The molecule has 0 aliphatic carbocycles. The van der Waals surface area contributed by atoms with Crippen LogP contribution in [0.1, 0.15) is 18.3 Å². The minimum absolute atomic E-state index is 0.150. The molecule has 1 fully saturated rings. The highest BCUT2D eigenvalue weighted by atomic mass is 19.1. The summed E-state index contributed by atoms with van der Waals surface area (Å²) in [6, 6.07) is 2.82. The molecule has 134 valence electrons. The van der Waals surface area contributed by atoms with Gasteiger partial charge in [-0.1, -0.05) is 0 Å². The molecule has 1 saturated heterocycles. The third kappa shape index (κ3) is 3.42. The van der Waals surface area contributed by atoms with Gasteiger partial charge >= 0.3 is 6.03 Å². The molecule has 1 N–H and O–H groups in total. The lowest BCUT2D eigenvalue weighted by Crippen LogP contribution is -2.50. The number of nitrogens with one attached hydrogen (secondary N) is 1.